The Bertz CT molecular complexity index is 302. The first-order valence-electron chi connectivity index (χ1n) is 10.9. The van der Waals surface area contributed by atoms with Crippen molar-refractivity contribution in [1.82, 2.24) is 4.90 Å². The molecule has 0 saturated heterocycles. The highest BCUT2D eigenvalue weighted by Crippen LogP contribution is 2.18. The van der Waals surface area contributed by atoms with Crippen molar-refractivity contribution >= 4 is 0 Å². The predicted molar refractivity (Wildman–Crippen MR) is 121 cm³/mol. The number of hydrogen-bond donors (Lipinski definition) is 12. The molecule has 0 rings (SSSR count). The average molecular weight is 496 g/mol. The van der Waals surface area contributed by atoms with Crippen LogP contribution in [0.25, 0.3) is 0 Å². The zero-order valence-electron chi connectivity index (χ0n) is 19.8. The van der Waals surface area contributed by atoms with Gasteiger partial charge in [-0.3, -0.25) is 4.90 Å². The Hall–Kier alpha value is -0.520. The molecule has 33 heavy (non-hydrogen) atoms. The van der Waals surface area contributed by atoms with Gasteiger partial charge >= 0.3 is 0 Å². The van der Waals surface area contributed by atoms with Gasteiger partial charge in [-0.15, -0.1) is 0 Å². The minimum absolute atomic E-state index is 0.0694. The van der Waals surface area contributed by atoms with Crippen molar-refractivity contribution in [3.05, 3.63) is 0 Å². The molecule has 0 amide bonds. The molecular formula is C20H49NO12. The van der Waals surface area contributed by atoms with E-state index < -0.39 is 17.6 Å². The van der Waals surface area contributed by atoms with E-state index in [1.807, 2.05) is 6.92 Å². The molecule has 0 spiro atoms. The fourth-order valence-electron chi connectivity index (χ4n) is 1.72. The lowest BCUT2D eigenvalue weighted by atomic mass is 9.88. The predicted octanol–water partition coefficient (Wildman–Crippen LogP) is -4.93. The molecule has 0 radical (unpaired) electrons. The maximum Gasteiger partial charge on any atom is 0.100 e. The van der Waals surface area contributed by atoms with Crippen LogP contribution in [0, 0.1) is 5.41 Å². The van der Waals surface area contributed by atoms with E-state index in [1.165, 1.54) is 0 Å². The fourth-order valence-corrected chi connectivity index (χ4v) is 1.72. The molecule has 0 heterocycles. The normalized spacial score (nSPS) is 11.7. The van der Waals surface area contributed by atoms with Gasteiger partial charge in [0, 0.05) is 31.7 Å². The third-order valence-corrected chi connectivity index (χ3v) is 4.33. The van der Waals surface area contributed by atoms with Crippen LogP contribution in [0.3, 0.4) is 0 Å². The van der Waals surface area contributed by atoms with Gasteiger partial charge in [0.15, 0.2) is 0 Å². The van der Waals surface area contributed by atoms with Gasteiger partial charge in [-0.2, -0.15) is 0 Å². The van der Waals surface area contributed by atoms with E-state index in [1.54, 1.807) is 4.90 Å². The molecule has 0 aromatic rings. The van der Waals surface area contributed by atoms with E-state index in [0.29, 0.717) is 38.9 Å². The van der Waals surface area contributed by atoms with Crippen LogP contribution in [0.1, 0.15) is 26.2 Å². The number of hydrogen-bond acceptors (Lipinski definition) is 13. The molecule has 0 aliphatic rings. The first kappa shape index (κ1) is 39.7. The topological polar surface area (TPSA) is 246 Å². The highest BCUT2D eigenvalue weighted by atomic mass is 16.3. The van der Waals surface area contributed by atoms with Crippen molar-refractivity contribution in [2.45, 2.75) is 38.4 Å². The molecule has 13 heteroatoms. The molecular weight excluding hydrogens is 446 g/mol. The second-order valence-corrected chi connectivity index (χ2v) is 7.06. The van der Waals surface area contributed by atoms with E-state index in [2.05, 4.69) is 0 Å². The van der Waals surface area contributed by atoms with E-state index in [4.69, 9.17) is 61.3 Å². The maximum atomic E-state index is 8.66. The summed E-state index contributed by atoms with van der Waals surface area (Å²) in [5.74, 6) is 0. The molecule has 206 valence electrons. The van der Waals surface area contributed by atoms with Gasteiger partial charge in [0.25, 0.3) is 0 Å². The summed E-state index contributed by atoms with van der Waals surface area (Å²) in [5.41, 5.74) is -0.667. The number of rotatable bonds is 16. The van der Waals surface area contributed by atoms with Gasteiger partial charge < -0.3 is 61.3 Å². The van der Waals surface area contributed by atoms with Gasteiger partial charge in [-0.05, 0) is 19.3 Å². The minimum Gasteiger partial charge on any atom is -0.396 e. The molecule has 0 saturated carbocycles. The number of nitrogens with zero attached hydrogens (tertiary/aromatic N) is 1. The molecule has 0 bridgehead atoms. The van der Waals surface area contributed by atoms with E-state index in [0.717, 1.165) is 0 Å². The van der Waals surface area contributed by atoms with Crippen LogP contribution in [0.2, 0.25) is 0 Å². The summed E-state index contributed by atoms with van der Waals surface area (Å²) < 4.78 is 0. The lowest BCUT2D eigenvalue weighted by Crippen LogP contribution is -2.32. The van der Waals surface area contributed by atoms with Crippen molar-refractivity contribution in [3.63, 3.8) is 0 Å². The monoisotopic (exact) mass is 495 g/mol. The summed E-state index contributed by atoms with van der Waals surface area (Å²) in [5, 5.41) is 101. The fraction of sp³-hybridized carbons (Fsp3) is 1.00. The third-order valence-electron chi connectivity index (χ3n) is 4.33. The second-order valence-electron chi connectivity index (χ2n) is 7.06. The molecule has 13 nitrogen and oxygen atoms in total. The van der Waals surface area contributed by atoms with Gasteiger partial charge in [0.2, 0.25) is 0 Å². The first-order chi connectivity index (χ1) is 15.7. The molecule has 12 N–H and O–H groups in total. The molecule has 0 aromatic carbocycles. The molecule has 0 aliphatic carbocycles. The molecule has 0 fully saturated rings. The van der Waals surface area contributed by atoms with Crippen molar-refractivity contribution in [1.29, 1.82) is 0 Å². The third kappa shape index (κ3) is 29.4. The standard InChI is InChI=1S/C6H15NO3.C6H14O3.C5H12O3.C3H8O3/c8-4-1-7(2-5-9)3-6-10;1-2-6(3-7,4-8)5-9;6-3-1-2-5(8)4-7;4-1-3(6)2-5/h8-10H,1-6H2;7-9H,2-5H2,1H3;5-8H,1-4H2;3-6H,1-2H2. The number of aliphatic hydroxyl groups is 12. The minimum atomic E-state index is -0.954. The Morgan fingerprint density at radius 2 is 0.939 bits per heavy atom. The highest BCUT2D eigenvalue weighted by Gasteiger charge is 2.24. The lowest BCUT2D eigenvalue weighted by molar-refractivity contribution is 0.00304. The Morgan fingerprint density at radius 3 is 1.09 bits per heavy atom. The van der Waals surface area contributed by atoms with Crippen molar-refractivity contribution < 1.29 is 61.3 Å². The Morgan fingerprint density at radius 1 is 0.576 bits per heavy atom. The average Bonchev–Trinajstić information content (AvgIpc) is 2.85. The van der Waals surface area contributed by atoms with E-state index in [9.17, 15) is 0 Å². The summed E-state index contributed by atoms with van der Waals surface area (Å²) in [7, 11) is 0. The molecule has 0 aromatic heterocycles. The van der Waals surface area contributed by atoms with Crippen LogP contribution in [-0.4, -0.2) is 164 Å². The van der Waals surface area contributed by atoms with Crippen molar-refractivity contribution in [2.75, 3.05) is 85.7 Å². The molecule has 1 atom stereocenters. The van der Waals surface area contributed by atoms with Crippen LogP contribution in [0.5, 0.6) is 0 Å². The van der Waals surface area contributed by atoms with Gasteiger partial charge in [0.05, 0.1) is 65.6 Å². The van der Waals surface area contributed by atoms with Gasteiger partial charge in [-0.1, -0.05) is 6.92 Å². The lowest BCUT2D eigenvalue weighted by Gasteiger charge is -2.24. The summed E-state index contributed by atoms with van der Waals surface area (Å²) in [4.78, 5) is 1.79. The van der Waals surface area contributed by atoms with Crippen LogP contribution in [0.15, 0.2) is 0 Å². The van der Waals surface area contributed by atoms with Crippen LogP contribution >= 0.6 is 0 Å². The summed E-state index contributed by atoms with van der Waals surface area (Å²) in [6.07, 6.45) is 0.0257. The second kappa shape index (κ2) is 31.5. The largest absolute Gasteiger partial charge is 0.396 e. The highest BCUT2D eigenvalue weighted by molar-refractivity contribution is 4.74. The van der Waals surface area contributed by atoms with E-state index in [-0.39, 0.29) is 66.1 Å². The zero-order valence-corrected chi connectivity index (χ0v) is 19.8. The van der Waals surface area contributed by atoms with Crippen LogP contribution in [-0.2, 0) is 0 Å². The zero-order chi connectivity index (χ0) is 26.5. The Labute approximate surface area is 196 Å². The van der Waals surface area contributed by atoms with E-state index >= 15 is 0 Å². The smallest absolute Gasteiger partial charge is 0.100 e. The van der Waals surface area contributed by atoms with Gasteiger partial charge in [0.1, 0.15) is 6.10 Å². The number of aliphatic hydroxyl groups excluding tert-OH is 12. The Balaban J connectivity index is -0.000000173. The molecule has 0 aliphatic heterocycles. The maximum absolute atomic E-state index is 8.66. The SMILES string of the molecule is CCC(CO)(CO)CO.OCC(O)CO.OCCCC(O)CO.OCCN(CCO)CCO. The van der Waals surface area contributed by atoms with Crippen LogP contribution < -0.4 is 0 Å². The summed E-state index contributed by atoms with van der Waals surface area (Å²) in [6, 6.07) is 0. The first-order valence-corrected chi connectivity index (χ1v) is 10.9. The van der Waals surface area contributed by atoms with Gasteiger partial charge in [-0.25, -0.2) is 0 Å². The Kier molecular flexibility index (Phi) is 37.9. The summed E-state index contributed by atoms with van der Waals surface area (Å²) in [6.45, 7) is 2.25. The van der Waals surface area contributed by atoms with Crippen molar-refractivity contribution in [2.24, 2.45) is 5.41 Å². The molecule has 1 unspecified atom stereocenters. The quantitative estimate of drug-likeness (QED) is 0.0960. The summed E-state index contributed by atoms with van der Waals surface area (Å²) >= 11 is 0. The van der Waals surface area contributed by atoms with Crippen LogP contribution in [0.4, 0.5) is 0 Å². The van der Waals surface area contributed by atoms with Crippen molar-refractivity contribution in [3.8, 4) is 0 Å².